The highest BCUT2D eigenvalue weighted by Gasteiger charge is 2.47. The van der Waals surface area contributed by atoms with Crippen molar-refractivity contribution < 1.29 is 18.0 Å². The number of aliphatic imine (C=N–C) groups is 1. The van der Waals surface area contributed by atoms with Gasteiger partial charge in [-0.1, -0.05) is 24.3 Å². The molecule has 4 nitrogen and oxygen atoms in total. The highest BCUT2D eigenvalue weighted by Crippen LogP contribution is 2.31. The molecule has 0 fully saturated rings. The quantitative estimate of drug-likeness (QED) is 0.855. The van der Waals surface area contributed by atoms with Crippen LogP contribution in [0, 0.1) is 6.92 Å². The molecule has 7 heteroatoms. The molecule has 22 heavy (non-hydrogen) atoms. The van der Waals surface area contributed by atoms with E-state index in [0.29, 0.717) is 17.7 Å². The van der Waals surface area contributed by atoms with E-state index < -0.39 is 12.4 Å². The SMILES string of the molecule is [CH]c1ccc(C2=N[C@H](C(F)(F)F)ON2C(C)CN(C)C)cc1. The van der Waals surface area contributed by atoms with Gasteiger partial charge in [-0.15, -0.1) is 0 Å². The van der Waals surface area contributed by atoms with Crippen LogP contribution in [0.5, 0.6) is 0 Å². The number of nitrogens with zero attached hydrogens (tertiary/aromatic N) is 3. The molecule has 1 aromatic rings. The van der Waals surface area contributed by atoms with Gasteiger partial charge in [-0.25, -0.2) is 14.9 Å². The van der Waals surface area contributed by atoms with E-state index in [1.54, 1.807) is 31.2 Å². The summed E-state index contributed by atoms with van der Waals surface area (Å²) in [4.78, 5) is 10.6. The first kappa shape index (κ1) is 16.8. The zero-order chi connectivity index (χ0) is 16.5. The zero-order valence-corrected chi connectivity index (χ0v) is 12.6. The number of likely N-dealkylation sites (N-methyl/N-ethyl adjacent to an activating group) is 1. The molecule has 0 bridgehead atoms. The molecule has 0 N–H and O–H groups in total. The predicted molar refractivity (Wildman–Crippen MR) is 77.2 cm³/mol. The van der Waals surface area contributed by atoms with Crippen LogP contribution in [-0.2, 0) is 4.84 Å². The molecule has 0 saturated carbocycles. The summed E-state index contributed by atoms with van der Waals surface area (Å²) in [6.07, 6.45) is -6.73. The van der Waals surface area contributed by atoms with Gasteiger partial charge in [0.1, 0.15) is 0 Å². The van der Waals surface area contributed by atoms with E-state index >= 15 is 0 Å². The van der Waals surface area contributed by atoms with Gasteiger partial charge in [0, 0.05) is 12.1 Å². The molecular formula is C15H18F3N3O. The van der Waals surface area contributed by atoms with E-state index in [0.717, 1.165) is 0 Å². The summed E-state index contributed by atoms with van der Waals surface area (Å²) >= 11 is 0. The van der Waals surface area contributed by atoms with Crippen LogP contribution in [0.15, 0.2) is 29.3 Å². The van der Waals surface area contributed by atoms with Gasteiger partial charge >= 0.3 is 6.18 Å². The van der Waals surface area contributed by atoms with Crippen LogP contribution < -0.4 is 0 Å². The smallest absolute Gasteiger partial charge is 0.307 e. The third-order valence-electron chi connectivity index (χ3n) is 3.14. The fraction of sp³-hybridized carbons (Fsp3) is 0.467. The van der Waals surface area contributed by atoms with Gasteiger partial charge in [-0.3, -0.25) is 0 Å². The largest absolute Gasteiger partial charge is 0.437 e. The first-order valence-corrected chi connectivity index (χ1v) is 6.79. The lowest BCUT2D eigenvalue weighted by Gasteiger charge is -2.29. The second-order valence-corrected chi connectivity index (χ2v) is 5.51. The first-order chi connectivity index (χ1) is 10.2. The van der Waals surface area contributed by atoms with Crippen LogP contribution in [-0.4, -0.2) is 54.9 Å². The van der Waals surface area contributed by atoms with Gasteiger partial charge in [0.15, 0.2) is 5.84 Å². The van der Waals surface area contributed by atoms with Gasteiger partial charge in [0.25, 0.3) is 6.23 Å². The first-order valence-electron chi connectivity index (χ1n) is 6.79. The number of amidine groups is 1. The molecule has 1 aromatic carbocycles. The van der Waals surface area contributed by atoms with Crippen molar-refractivity contribution in [2.24, 2.45) is 4.99 Å². The highest BCUT2D eigenvalue weighted by molar-refractivity contribution is 5.99. The van der Waals surface area contributed by atoms with E-state index in [1.807, 2.05) is 19.0 Å². The number of hydrogen-bond acceptors (Lipinski definition) is 4. The van der Waals surface area contributed by atoms with Crippen LogP contribution in [0.3, 0.4) is 0 Å². The topological polar surface area (TPSA) is 28.1 Å². The molecule has 0 amide bonds. The maximum Gasteiger partial charge on any atom is 0.437 e. The summed E-state index contributed by atoms with van der Waals surface area (Å²) in [7, 11) is 3.68. The Morgan fingerprint density at radius 3 is 2.41 bits per heavy atom. The van der Waals surface area contributed by atoms with Gasteiger partial charge in [-0.05, 0) is 33.5 Å². The maximum atomic E-state index is 12.9. The van der Waals surface area contributed by atoms with Crippen molar-refractivity contribution in [2.45, 2.75) is 25.4 Å². The van der Waals surface area contributed by atoms with Crippen LogP contribution >= 0.6 is 0 Å². The minimum atomic E-state index is -4.55. The van der Waals surface area contributed by atoms with Gasteiger partial charge in [0.05, 0.1) is 6.04 Å². The van der Waals surface area contributed by atoms with Gasteiger partial charge in [-0.2, -0.15) is 13.2 Å². The Kier molecular flexibility index (Phi) is 4.77. The number of benzene rings is 1. The third kappa shape index (κ3) is 3.78. The molecule has 0 spiro atoms. The average Bonchev–Trinajstić information content (AvgIpc) is 2.83. The molecule has 0 saturated heterocycles. The van der Waals surface area contributed by atoms with E-state index in [-0.39, 0.29) is 11.9 Å². The average molecular weight is 313 g/mol. The zero-order valence-electron chi connectivity index (χ0n) is 12.6. The number of rotatable bonds is 4. The number of hydroxylamine groups is 2. The molecular weight excluding hydrogens is 295 g/mol. The van der Waals surface area contributed by atoms with Crippen molar-refractivity contribution in [3.8, 4) is 0 Å². The Morgan fingerprint density at radius 1 is 1.32 bits per heavy atom. The van der Waals surface area contributed by atoms with E-state index in [1.165, 1.54) is 5.06 Å². The normalized spacial score (nSPS) is 20.5. The summed E-state index contributed by atoms with van der Waals surface area (Å²) in [6.45, 7) is 7.92. The molecule has 2 radical (unpaired) electrons. The minimum Gasteiger partial charge on any atom is -0.307 e. The number of hydrogen-bond donors (Lipinski definition) is 0. The Hall–Kier alpha value is -1.60. The fourth-order valence-electron chi connectivity index (χ4n) is 2.23. The van der Waals surface area contributed by atoms with Gasteiger partial charge < -0.3 is 4.90 Å². The van der Waals surface area contributed by atoms with Crippen molar-refractivity contribution in [3.05, 3.63) is 42.3 Å². The summed E-state index contributed by atoms with van der Waals surface area (Å²) < 4.78 is 38.8. The highest BCUT2D eigenvalue weighted by atomic mass is 19.4. The lowest BCUT2D eigenvalue weighted by Crippen LogP contribution is -2.43. The second-order valence-electron chi connectivity index (χ2n) is 5.51. The minimum absolute atomic E-state index is 0.164. The number of alkyl halides is 3. The molecule has 1 heterocycles. The van der Waals surface area contributed by atoms with E-state index in [9.17, 15) is 13.2 Å². The lowest BCUT2D eigenvalue weighted by molar-refractivity contribution is -0.268. The van der Waals surface area contributed by atoms with Crippen molar-refractivity contribution in [3.63, 3.8) is 0 Å². The fourth-order valence-corrected chi connectivity index (χ4v) is 2.23. The monoisotopic (exact) mass is 313 g/mol. The summed E-state index contributed by atoms with van der Waals surface area (Å²) in [5.74, 6) is 0.164. The predicted octanol–water partition coefficient (Wildman–Crippen LogP) is 2.58. The van der Waals surface area contributed by atoms with E-state index in [2.05, 4.69) is 4.99 Å². The van der Waals surface area contributed by atoms with Crippen LogP contribution in [0.4, 0.5) is 13.2 Å². The summed E-state index contributed by atoms with van der Waals surface area (Å²) in [6, 6.07) is 6.21. The molecule has 1 aliphatic heterocycles. The van der Waals surface area contributed by atoms with Gasteiger partial charge in [0.2, 0.25) is 0 Å². The molecule has 2 rings (SSSR count). The Balaban J connectivity index is 2.32. The van der Waals surface area contributed by atoms with Crippen molar-refractivity contribution >= 4 is 5.84 Å². The Morgan fingerprint density at radius 2 is 1.91 bits per heavy atom. The second kappa shape index (κ2) is 6.26. The van der Waals surface area contributed by atoms with Crippen molar-refractivity contribution in [1.82, 2.24) is 9.96 Å². The third-order valence-corrected chi connectivity index (χ3v) is 3.14. The molecule has 0 aromatic heterocycles. The Labute approximate surface area is 128 Å². The summed E-state index contributed by atoms with van der Waals surface area (Å²) in [5, 5.41) is 1.23. The van der Waals surface area contributed by atoms with Crippen molar-refractivity contribution in [2.75, 3.05) is 20.6 Å². The van der Waals surface area contributed by atoms with Crippen LogP contribution in [0.2, 0.25) is 0 Å². The van der Waals surface area contributed by atoms with Crippen LogP contribution in [0.25, 0.3) is 0 Å². The van der Waals surface area contributed by atoms with E-state index in [4.69, 9.17) is 11.8 Å². The maximum absolute atomic E-state index is 12.9. The molecule has 0 aliphatic carbocycles. The van der Waals surface area contributed by atoms with Crippen molar-refractivity contribution in [1.29, 1.82) is 0 Å². The molecule has 1 aliphatic rings. The molecule has 120 valence electrons. The Bertz CT molecular complexity index is 540. The molecule has 1 unspecified atom stereocenters. The number of halogens is 3. The lowest BCUT2D eigenvalue weighted by atomic mass is 10.1. The standard InChI is InChI=1S/C15H18F3N3O/c1-10-5-7-12(8-6-10)13-19-14(15(16,17)18)22-21(13)11(2)9-20(3)4/h1,5-8,11,14H,9H2,2-4H3/t11?,14-/m0/s1. The van der Waals surface area contributed by atoms with Crippen LogP contribution in [0.1, 0.15) is 18.1 Å². The molecule has 2 atom stereocenters. The summed E-state index contributed by atoms with van der Waals surface area (Å²) in [5.41, 5.74) is 1.06.